The first kappa shape index (κ1) is 28.2. The lowest BCUT2D eigenvalue weighted by molar-refractivity contribution is 0.0746. The molecule has 4 aromatic carbocycles. The number of benzene rings is 4. The average Bonchev–Trinajstić information content (AvgIpc) is 3.11. The van der Waals surface area contributed by atoms with E-state index < -0.39 is 0 Å². The zero-order valence-electron chi connectivity index (χ0n) is 24.9. The van der Waals surface area contributed by atoms with Crippen molar-refractivity contribution in [3.8, 4) is 11.4 Å². The lowest BCUT2D eigenvalue weighted by Gasteiger charge is -2.34. The summed E-state index contributed by atoms with van der Waals surface area (Å²) in [5.74, 6) is 2.22. The predicted molar refractivity (Wildman–Crippen MR) is 178 cm³/mol. The maximum absolute atomic E-state index is 13.3. The molecule has 2 aromatic heterocycles. The van der Waals surface area contributed by atoms with Crippen LogP contribution in [0, 0.1) is 0 Å². The fourth-order valence-corrected chi connectivity index (χ4v) is 5.60. The summed E-state index contributed by atoms with van der Waals surface area (Å²) in [6.45, 7) is 3.23. The summed E-state index contributed by atoms with van der Waals surface area (Å²) in [4.78, 5) is 36.2. The largest absolute Gasteiger partial charge is 0.365 e. The number of fused-ring (bicyclic) bond motifs is 1. The molecule has 1 amide bonds. The highest BCUT2D eigenvalue weighted by Crippen LogP contribution is 2.25. The van der Waals surface area contributed by atoms with Crippen LogP contribution in [-0.2, 0) is 13.0 Å². The summed E-state index contributed by atoms with van der Waals surface area (Å²) in [5, 5.41) is 4.47. The standard InChI is InChI=1S/C37H33N7O/c45-36(43-19-21-44(22-20-43)37-39-25-29(26-40-37)23-27-9-3-1-4-10-27)31-17-15-28(16-18-31)24-38-35-32-13-7-8-14-33(32)41-34(42-35)30-11-5-2-6-12-30/h1-18,25-26H,19-24H2,(H,38,41,42). The van der Waals surface area contributed by atoms with Crippen LogP contribution < -0.4 is 10.2 Å². The molecular formula is C37H33N7O. The molecular weight excluding hydrogens is 558 g/mol. The van der Waals surface area contributed by atoms with Crippen LogP contribution in [0.2, 0.25) is 0 Å². The molecule has 7 rings (SSSR count). The second-order valence-corrected chi connectivity index (χ2v) is 11.2. The third kappa shape index (κ3) is 6.50. The van der Waals surface area contributed by atoms with Crippen LogP contribution in [0.4, 0.5) is 11.8 Å². The molecule has 0 unspecified atom stereocenters. The van der Waals surface area contributed by atoms with Crippen molar-refractivity contribution in [1.29, 1.82) is 0 Å². The Hall–Kier alpha value is -5.63. The number of nitrogens with one attached hydrogen (secondary N) is 1. The Bertz CT molecular complexity index is 1890. The SMILES string of the molecule is O=C(c1ccc(CNc2nc(-c3ccccc3)nc3ccccc23)cc1)N1CCN(c2ncc(Cc3ccccc3)cn2)CC1. The number of nitrogens with zero attached hydrogens (tertiary/aromatic N) is 6. The lowest BCUT2D eigenvalue weighted by atomic mass is 10.1. The van der Waals surface area contributed by atoms with Crippen molar-refractivity contribution >= 4 is 28.6 Å². The molecule has 1 saturated heterocycles. The van der Waals surface area contributed by atoms with Crippen LogP contribution in [0.15, 0.2) is 122 Å². The van der Waals surface area contributed by atoms with Gasteiger partial charge in [-0.2, -0.15) is 0 Å². The van der Waals surface area contributed by atoms with Gasteiger partial charge in [0.25, 0.3) is 5.91 Å². The number of anilines is 2. The maximum Gasteiger partial charge on any atom is 0.253 e. The smallest absolute Gasteiger partial charge is 0.253 e. The number of carbonyl (C=O) groups is 1. The van der Waals surface area contributed by atoms with Gasteiger partial charge < -0.3 is 15.1 Å². The second kappa shape index (κ2) is 12.9. The topological polar surface area (TPSA) is 87.1 Å². The van der Waals surface area contributed by atoms with E-state index in [1.165, 1.54) is 5.56 Å². The van der Waals surface area contributed by atoms with E-state index in [1.54, 1.807) is 0 Å². The van der Waals surface area contributed by atoms with Gasteiger partial charge in [0.05, 0.1) is 5.52 Å². The highest BCUT2D eigenvalue weighted by atomic mass is 16.2. The van der Waals surface area contributed by atoms with Crippen molar-refractivity contribution in [2.45, 2.75) is 13.0 Å². The molecule has 45 heavy (non-hydrogen) atoms. The first-order valence-electron chi connectivity index (χ1n) is 15.2. The van der Waals surface area contributed by atoms with E-state index in [4.69, 9.17) is 9.97 Å². The van der Waals surface area contributed by atoms with Crippen LogP contribution in [0.1, 0.15) is 27.0 Å². The summed E-state index contributed by atoms with van der Waals surface area (Å²) in [7, 11) is 0. The molecule has 1 aliphatic rings. The molecule has 8 nitrogen and oxygen atoms in total. The molecule has 3 heterocycles. The van der Waals surface area contributed by atoms with Gasteiger partial charge in [-0.05, 0) is 41.0 Å². The highest BCUT2D eigenvalue weighted by Gasteiger charge is 2.23. The summed E-state index contributed by atoms with van der Waals surface area (Å²) in [6.07, 6.45) is 4.61. The predicted octanol–water partition coefficient (Wildman–Crippen LogP) is 6.25. The first-order valence-corrected chi connectivity index (χ1v) is 15.2. The molecule has 0 saturated carbocycles. The number of carbonyl (C=O) groups excluding carboxylic acids is 1. The van der Waals surface area contributed by atoms with Gasteiger partial charge in [0.2, 0.25) is 5.95 Å². The van der Waals surface area contributed by atoms with E-state index in [0.29, 0.717) is 50.1 Å². The Balaban J connectivity index is 0.955. The Kier molecular flexibility index (Phi) is 8.09. The molecule has 222 valence electrons. The van der Waals surface area contributed by atoms with Crippen LogP contribution in [0.25, 0.3) is 22.3 Å². The molecule has 0 radical (unpaired) electrons. The third-order valence-electron chi connectivity index (χ3n) is 8.09. The van der Waals surface area contributed by atoms with Crippen LogP contribution in [0.5, 0.6) is 0 Å². The first-order chi connectivity index (χ1) is 22.2. The van der Waals surface area contributed by atoms with Crippen molar-refractivity contribution in [3.63, 3.8) is 0 Å². The normalized spacial score (nSPS) is 13.2. The van der Waals surface area contributed by atoms with Gasteiger partial charge in [-0.25, -0.2) is 19.9 Å². The van der Waals surface area contributed by atoms with E-state index in [1.807, 2.05) is 114 Å². The zero-order valence-corrected chi connectivity index (χ0v) is 24.9. The van der Waals surface area contributed by atoms with Gasteiger partial charge in [-0.3, -0.25) is 4.79 Å². The summed E-state index contributed by atoms with van der Waals surface area (Å²) in [5.41, 5.74) is 5.93. The van der Waals surface area contributed by atoms with Gasteiger partial charge >= 0.3 is 0 Å². The summed E-state index contributed by atoms with van der Waals surface area (Å²) < 4.78 is 0. The molecule has 1 fully saturated rings. The molecule has 0 spiro atoms. The van der Waals surface area contributed by atoms with E-state index in [0.717, 1.165) is 39.8 Å². The Morgan fingerprint density at radius 1 is 0.667 bits per heavy atom. The van der Waals surface area contributed by atoms with Gasteiger partial charge in [-0.15, -0.1) is 0 Å². The van der Waals surface area contributed by atoms with E-state index >= 15 is 0 Å². The van der Waals surface area contributed by atoms with Crippen molar-refractivity contribution in [1.82, 2.24) is 24.8 Å². The number of amides is 1. The minimum Gasteiger partial charge on any atom is -0.365 e. The van der Waals surface area contributed by atoms with Crippen LogP contribution in [0.3, 0.4) is 0 Å². The van der Waals surface area contributed by atoms with E-state index in [9.17, 15) is 4.79 Å². The minimum atomic E-state index is 0.0441. The van der Waals surface area contributed by atoms with Crippen LogP contribution >= 0.6 is 0 Å². The number of hydrogen-bond donors (Lipinski definition) is 1. The number of aromatic nitrogens is 4. The van der Waals surface area contributed by atoms with E-state index in [-0.39, 0.29) is 5.91 Å². The molecule has 6 aromatic rings. The monoisotopic (exact) mass is 591 g/mol. The minimum absolute atomic E-state index is 0.0441. The number of hydrogen-bond acceptors (Lipinski definition) is 7. The molecule has 1 N–H and O–H groups in total. The second-order valence-electron chi connectivity index (χ2n) is 11.2. The fraction of sp³-hybridized carbons (Fsp3) is 0.162. The maximum atomic E-state index is 13.3. The summed E-state index contributed by atoms with van der Waals surface area (Å²) in [6, 6.07) is 36.2. The highest BCUT2D eigenvalue weighted by molar-refractivity contribution is 5.94. The molecule has 8 heteroatoms. The third-order valence-corrected chi connectivity index (χ3v) is 8.09. The fourth-order valence-electron chi connectivity index (χ4n) is 5.60. The van der Waals surface area contributed by atoms with Gasteiger partial charge in [0.1, 0.15) is 5.82 Å². The Labute approximate surface area is 262 Å². The van der Waals surface area contributed by atoms with Crippen LogP contribution in [-0.4, -0.2) is 56.9 Å². The lowest BCUT2D eigenvalue weighted by Crippen LogP contribution is -2.49. The average molecular weight is 592 g/mol. The van der Waals surface area contributed by atoms with Gasteiger partial charge in [0.15, 0.2) is 5.82 Å². The van der Waals surface area contributed by atoms with Crippen molar-refractivity contribution in [2.24, 2.45) is 0 Å². The van der Waals surface area contributed by atoms with Crippen molar-refractivity contribution in [3.05, 3.63) is 144 Å². The van der Waals surface area contributed by atoms with Crippen molar-refractivity contribution in [2.75, 3.05) is 36.4 Å². The molecule has 0 atom stereocenters. The molecule has 0 aliphatic carbocycles. The van der Waals surface area contributed by atoms with Gasteiger partial charge in [-0.1, -0.05) is 84.9 Å². The van der Waals surface area contributed by atoms with Gasteiger partial charge in [0, 0.05) is 68.1 Å². The Morgan fingerprint density at radius 3 is 2.07 bits per heavy atom. The molecule has 0 bridgehead atoms. The Morgan fingerprint density at radius 2 is 1.33 bits per heavy atom. The van der Waals surface area contributed by atoms with E-state index in [2.05, 4.69) is 32.3 Å². The number of rotatable bonds is 8. The number of para-hydroxylation sites is 1. The number of piperazine rings is 1. The van der Waals surface area contributed by atoms with Crippen molar-refractivity contribution < 1.29 is 4.79 Å². The molecule has 1 aliphatic heterocycles. The quantitative estimate of drug-likeness (QED) is 0.224. The zero-order chi connectivity index (χ0) is 30.4. The summed E-state index contributed by atoms with van der Waals surface area (Å²) >= 11 is 0.